The van der Waals surface area contributed by atoms with Crippen molar-refractivity contribution in [2.24, 2.45) is 0 Å². The standard InChI is InChI=1S/C30H35Cl2N3O4S/c1-3-19-33-30(37)28(21-23-8-5-4-6-9-23)34(22-24-11-13-25(31)14-12-24)29(36)10-7-20-35(40(2,38)39)27-17-15-26(32)16-18-27/h4-6,8-9,11-18,28H,3,7,10,19-22H2,1-2H3,(H,33,37)/t28-/m1/s1. The second-order valence-electron chi connectivity index (χ2n) is 9.56. The van der Waals surface area contributed by atoms with Crippen molar-refractivity contribution in [1.29, 1.82) is 0 Å². The van der Waals surface area contributed by atoms with Gasteiger partial charge in [-0.2, -0.15) is 0 Å². The molecule has 3 rings (SSSR count). The molecule has 0 heterocycles. The number of halogens is 2. The molecule has 7 nitrogen and oxygen atoms in total. The number of anilines is 1. The molecule has 3 aromatic carbocycles. The first-order valence-corrected chi connectivity index (χ1v) is 15.8. The van der Waals surface area contributed by atoms with Crippen molar-refractivity contribution in [3.8, 4) is 0 Å². The zero-order valence-electron chi connectivity index (χ0n) is 22.7. The van der Waals surface area contributed by atoms with Gasteiger partial charge in [0.25, 0.3) is 0 Å². The van der Waals surface area contributed by atoms with E-state index < -0.39 is 16.1 Å². The summed E-state index contributed by atoms with van der Waals surface area (Å²) >= 11 is 12.0. The lowest BCUT2D eigenvalue weighted by molar-refractivity contribution is -0.141. The van der Waals surface area contributed by atoms with Crippen LogP contribution in [0.25, 0.3) is 0 Å². The molecule has 3 aromatic rings. The molecule has 0 radical (unpaired) electrons. The lowest BCUT2D eigenvalue weighted by Crippen LogP contribution is -2.50. The van der Waals surface area contributed by atoms with Gasteiger partial charge in [-0.3, -0.25) is 13.9 Å². The summed E-state index contributed by atoms with van der Waals surface area (Å²) in [4.78, 5) is 28.8. The highest BCUT2D eigenvalue weighted by molar-refractivity contribution is 7.92. The van der Waals surface area contributed by atoms with Crippen molar-refractivity contribution >= 4 is 50.7 Å². The molecule has 0 unspecified atom stereocenters. The lowest BCUT2D eigenvalue weighted by Gasteiger charge is -2.32. The van der Waals surface area contributed by atoms with Gasteiger partial charge in [-0.05, 0) is 60.4 Å². The summed E-state index contributed by atoms with van der Waals surface area (Å²) in [5.74, 6) is -0.473. The van der Waals surface area contributed by atoms with E-state index in [0.29, 0.717) is 28.7 Å². The highest BCUT2D eigenvalue weighted by atomic mass is 35.5. The van der Waals surface area contributed by atoms with Crippen LogP contribution in [0.3, 0.4) is 0 Å². The number of carbonyl (C=O) groups is 2. The van der Waals surface area contributed by atoms with Crippen LogP contribution >= 0.6 is 23.2 Å². The van der Waals surface area contributed by atoms with Crippen molar-refractivity contribution in [3.63, 3.8) is 0 Å². The summed E-state index contributed by atoms with van der Waals surface area (Å²) < 4.78 is 26.3. The molecule has 40 heavy (non-hydrogen) atoms. The van der Waals surface area contributed by atoms with Crippen molar-refractivity contribution in [1.82, 2.24) is 10.2 Å². The van der Waals surface area contributed by atoms with Crippen LogP contribution in [-0.2, 0) is 32.6 Å². The minimum absolute atomic E-state index is 0.0551. The number of hydrogen-bond donors (Lipinski definition) is 1. The number of amides is 2. The fraction of sp³-hybridized carbons (Fsp3) is 0.333. The zero-order chi connectivity index (χ0) is 29.1. The minimum atomic E-state index is -3.59. The van der Waals surface area contributed by atoms with Crippen LogP contribution in [0.5, 0.6) is 0 Å². The van der Waals surface area contributed by atoms with Crippen LogP contribution in [0.1, 0.15) is 37.3 Å². The second kappa shape index (κ2) is 15.1. The zero-order valence-corrected chi connectivity index (χ0v) is 25.1. The maximum atomic E-state index is 13.8. The lowest BCUT2D eigenvalue weighted by atomic mass is 10.0. The van der Waals surface area contributed by atoms with E-state index in [4.69, 9.17) is 23.2 Å². The molecule has 0 aliphatic rings. The van der Waals surface area contributed by atoms with Gasteiger partial charge in [0.05, 0.1) is 11.9 Å². The third kappa shape index (κ3) is 9.54. The van der Waals surface area contributed by atoms with Gasteiger partial charge in [-0.1, -0.05) is 72.6 Å². The van der Waals surface area contributed by atoms with E-state index in [9.17, 15) is 18.0 Å². The average Bonchev–Trinajstić information content (AvgIpc) is 2.93. The number of nitrogens with one attached hydrogen (secondary N) is 1. The van der Waals surface area contributed by atoms with Gasteiger partial charge in [-0.25, -0.2) is 8.42 Å². The van der Waals surface area contributed by atoms with Gasteiger partial charge in [0.2, 0.25) is 21.8 Å². The van der Waals surface area contributed by atoms with E-state index in [2.05, 4.69) is 5.32 Å². The smallest absolute Gasteiger partial charge is 0.243 e. The Hall–Kier alpha value is -3.07. The summed E-state index contributed by atoms with van der Waals surface area (Å²) in [5, 5.41) is 4.02. The SMILES string of the molecule is CCCNC(=O)[C@@H](Cc1ccccc1)N(Cc1ccc(Cl)cc1)C(=O)CCCN(c1ccc(Cl)cc1)S(C)(=O)=O. The Bertz CT molecular complexity index is 1350. The molecule has 0 aliphatic heterocycles. The Labute approximate surface area is 247 Å². The van der Waals surface area contributed by atoms with E-state index in [-0.39, 0.29) is 37.7 Å². The average molecular weight is 605 g/mol. The Morgan fingerprint density at radius 3 is 2.05 bits per heavy atom. The maximum Gasteiger partial charge on any atom is 0.243 e. The van der Waals surface area contributed by atoms with Crippen molar-refractivity contribution in [2.75, 3.05) is 23.7 Å². The molecule has 0 aliphatic carbocycles. The Balaban J connectivity index is 1.85. The minimum Gasteiger partial charge on any atom is -0.354 e. The molecule has 1 atom stereocenters. The Morgan fingerprint density at radius 2 is 1.48 bits per heavy atom. The highest BCUT2D eigenvalue weighted by Gasteiger charge is 2.30. The van der Waals surface area contributed by atoms with Gasteiger partial charge in [0, 0.05) is 42.5 Å². The monoisotopic (exact) mass is 603 g/mol. The number of nitrogens with zero attached hydrogens (tertiary/aromatic N) is 2. The molecule has 0 saturated carbocycles. The highest BCUT2D eigenvalue weighted by Crippen LogP contribution is 2.22. The van der Waals surface area contributed by atoms with E-state index in [1.807, 2.05) is 49.4 Å². The molecule has 10 heteroatoms. The van der Waals surface area contributed by atoms with Crippen LogP contribution in [0.4, 0.5) is 5.69 Å². The topological polar surface area (TPSA) is 86.8 Å². The van der Waals surface area contributed by atoms with E-state index in [1.165, 1.54) is 4.31 Å². The van der Waals surface area contributed by atoms with Crippen LogP contribution in [0.15, 0.2) is 78.9 Å². The largest absolute Gasteiger partial charge is 0.354 e. The fourth-order valence-electron chi connectivity index (χ4n) is 4.32. The van der Waals surface area contributed by atoms with Gasteiger partial charge < -0.3 is 10.2 Å². The van der Waals surface area contributed by atoms with Crippen molar-refractivity contribution in [3.05, 3.63) is 100 Å². The molecule has 0 bridgehead atoms. The van der Waals surface area contributed by atoms with Crippen molar-refractivity contribution < 1.29 is 18.0 Å². The second-order valence-corrected chi connectivity index (χ2v) is 12.3. The Kier molecular flexibility index (Phi) is 11.9. The van der Waals surface area contributed by atoms with Crippen LogP contribution in [0, 0.1) is 0 Å². The Morgan fingerprint density at radius 1 is 0.875 bits per heavy atom. The fourth-order valence-corrected chi connectivity index (χ4v) is 5.54. The summed E-state index contributed by atoms with van der Waals surface area (Å²) in [6.07, 6.45) is 2.56. The molecule has 214 valence electrons. The van der Waals surface area contributed by atoms with Gasteiger partial charge >= 0.3 is 0 Å². The molecule has 0 fully saturated rings. The predicted octanol–water partition coefficient (Wildman–Crippen LogP) is 5.71. The van der Waals surface area contributed by atoms with Crippen LogP contribution in [-0.4, -0.2) is 50.5 Å². The first kappa shape index (κ1) is 31.5. The first-order chi connectivity index (χ1) is 19.1. The number of sulfonamides is 1. The molecule has 1 N–H and O–H groups in total. The summed E-state index contributed by atoms with van der Waals surface area (Å²) in [5.41, 5.74) is 2.23. The van der Waals surface area contributed by atoms with Crippen LogP contribution < -0.4 is 9.62 Å². The number of benzene rings is 3. The molecule has 0 aromatic heterocycles. The number of rotatable bonds is 14. The van der Waals surface area contributed by atoms with Crippen molar-refractivity contribution in [2.45, 2.75) is 45.2 Å². The van der Waals surface area contributed by atoms with Gasteiger partial charge in [-0.15, -0.1) is 0 Å². The van der Waals surface area contributed by atoms with E-state index >= 15 is 0 Å². The molecule has 0 spiro atoms. The normalized spacial score (nSPS) is 12.0. The van der Waals surface area contributed by atoms with Crippen LogP contribution in [0.2, 0.25) is 10.0 Å². The predicted molar refractivity (Wildman–Crippen MR) is 162 cm³/mol. The first-order valence-electron chi connectivity index (χ1n) is 13.2. The van der Waals surface area contributed by atoms with E-state index in [0.717, 1.165) is 23.8 Å². The summed E-state index contributed by atoms with van der Waals surface area (Å²) in [6, 6.07) is 22.5. The molecule has 2 amide bonds. The molecular weight excluding hydrogens is 569 g/mol. The van der Waals surface area contributed by atoms with Gasteiger partial charge in [0.15, 0.2) is 0 Å². The summed E-state index contributed by atoms with van der Waals surface area (Å²) in [6.45, 7) is 2.78. The summed E-state index contributed by atoms with van der Waals surface area (Å²) in [7, 11) is -3.59. The molecular formula is C30H35Cl2N3O4S. The quantitative estimate of drug-likeness (QED) is 0.256. The number of hydrogen-bond acceptors (Lipinski definition) is 4. The maximum absolute atomic E-state index is 13.8. The van der Waals surface area contributed by atoms with E-state index in [1.54, 1.807) is 41.3 Å². The van der Waals surface area contributed by atoms with Gasteiger partial charge in [0.1, 0.15) is 6.04 Å². The third-order valence-corrected chi connectivity index (χ3v) is 8.05. The number of carbonyl (C=O) groups excluding carboxylic acids is 2. The molecule has 0 saturated heterocycles. The third-order valence-electron chi connectivity index (χ3n) is 6.35.